The normalized spacial score (nSPS) is 14.8. The third-order valence-corrected chi connectivity index (χ3v) is 4.01. The highest BCUT2D eigenvalue weighted by molar-refractivity contribution is 6.33. The van der Waals surface area contributed by atoms with Crippen LogP contribution in [0.2, 0.25) is 5.02 Å². The first-order valence-electron chi connectivity index (χ1n) is 7.44. The van der Waals surface area contributed by atoms with Crippen molar-refractivity contribution in [1.29, 1.82) is 0 Å². The molecule has 1 saturated carbocycles. The van der Waals surface area contributed by atoms with Gasteiger partial charge in [0.25, 0.3) is 0 Å². The van der Waals surface area contributed by atoms with Gasteiger partial charge in [0.15, 0.2) is 0 Å². The van der Waals surface area contributed by atoms with Crippen molar-refractivity contribution in [2.45, 2.75) is 31.8 Å². The molecule has 3 nitrogen and oxygen atoms in total. The predicted octanol–water partition coefficient (Wildman–Crippen LogP) is 2.98. The number of anilines is 1. The lowest BCUT2D eigenvalue weighted by Crippen LogP contribution is -2.25. The number of para-hydroxylation sites is 1. The molecule has 1 aliphatic rings. The number of hydrogen-bond acceptors (Lipinski definition) is 3. The maximum Gasteiger partial charge on any atom is 0.0642 e. The highest BCUT2D eigenvalue weighted by Crippen LogP contribution is 2.30. The second-order valence-corrected chi connectivity index (χ2v) is 6.39. The first-order chi connectivity index (χ1) is 9.58. The second kappa shape index (κ2) is 7.30. The monoisotopic (exact) mass is 295 g/mol. The van der Waals surface area contributed by atoms with Crippen molar-refractivity contribution in [3.63, 3.8) is 0 Å². The minimum Gasteiger partial charge on any atom is -0.373 e. The van der Waals surface area contributed by atoms with Crippen molar-refractivity contribution < 1.29 is 0 Å². The number of halogens is 1. The van der Waals surface area contributed by atoms with Crippen LogP contribution >= 0.6 is 11.6 Å². The Hall–Kier alpha value is -0.770. The van der Waals surface area contributed by atoms with Crippen LogP contribution < -0.4 is 10.2 Å². The van der Waals surface area contributed by atoms with E-state index in [1.165, 1.54) is 24.1 Å². The first kappa shape index (κ1) is 15.6. The molecule has 2 rings (SSSR count). The van der Waals surface area contributed by atoms with Gasteiger partial charge in [0.2, 0.25) is 0 Å². The van der Waals surface area contributed by atoms with Crippen molar-refractivity contribution in [2.75, 3.05) is 39.1 Å². The Morgan fingerprint density at radius 3 is 2.60 bits per heavy atom. The summed E-state index contributed by atoms with van der Waals surface area (Å²) in [7, 11) is 6.36. The van der Waals surface area contributed by atoms with E-state index in [1.807, 2.05) is 12.1 Å². The first-order valence-corrected chi connectivity index (χ1v) is 7.82. The van der Waals surface area contributed by atoms with Gasteiger partial charge in [-0.2, -0.15) is 0 Å². The molecule has 1 aliphatic carbocycles. The molecule has 0 amide bonds. The van der Waals surface area contributed by atoms with E-state index in [0.29, 0.717) is 0 Å². The molecule has 0 spiro atoms. The minimum absolute atomic E-state index is 0.723. The van der Waals surface area contributed by atoms with Crippen molar-refractivity contribution in [3.05, 3.63) is 28.8 Å². The average molecular weight is 296 g/mol. The molecule has 20 heavy (non-hydrogen) atoms. The maximum atomic E-state index is 6.42. The second-order valence-electron chi connectivity index (χ2n) is 5.98. The van der Waals surface area contributed by atoms with E-state index in [1.54, 1.807) is 0 Å². The lowest BCUT2D eigenvalue weighted by molar-refractivity contribution is 0.401. The number of nitrogens with one attached hydrogen (secondary N) is 1. The third kappa shape index (κ3) is 4.65. The molecule has 0 bridgehead atoms. The summed E-state index contributed by atoms with van der Waals surface area (Å²) in [5.74, 6) is 0. The Morgan fingerprint density at radius 1 is 1.20 bits per heavy atom. The topological polar surface area (TPSA) is 18.5 Å². The number of hydrogen-bond donors (Lipinski definition) is 1. The van der Waals surface area contributed by atoms with Gasteiger partial charge in [0, 0.05) is 26.2 Å². The molecule has 0 atom stereocenters. The van der Waals surface area contributed by atoms with Crippen LogP contribution in [-0.2, 0) is 6.54 Å². The number of nitrogens with zero attached hydrogens (tertiary/aromatic N) is 2. The van der Waals surface area contributed by atoms with E-state index in [4.69, 9.17) is 11.6 Å². The molecule has 4 heteroatoms. The molecule has 1 aromatic rings. The summed E-state index contributed by atoms with van der Waals surface area (Å²) in [4.78, 5) is 4.51. The predicted molar refractivity (Wildman–Crippen MR) is 87.8 cm³/mol. The van der Waals surface area contributed by atoms with E-state index in [0.717, 1.165) is 37.1 Å². The maximum absolute atomic E-state index is 6.42. The highest BCUT2D eigenvalue weighted by atomic mass is 35.5. The quantitative estimate of drug-likeness (QED) is 0.795. The summed E-state index contributed by atoms with van der Waals surface area (Å²) in [5.41, 5.74) is 2.48. The zero-order valence-corrected chi connectivity index (χ0v) is 13.6. The Labute approximate surface area is 127 Å². The summed E-state index contributed by atoms with van der Waals surface area (Å²) in [5, 5.41) is 4.43. The van der Waals surface area contributed by atoms with E-state index in [2.05, 4.69) is 42.3 Å². The van der Waals surface area contributed by atoms with Crippen molar-refractivity contribution in [3.8, 4) is 0 Å². The number of rotatable bonds is 8. The smallest absolute Gasteiger partial charge is 0.0642 e. The minimum atomic E-state index is 0.723. The van der Waals surface area contributed by atoms with Gasteiger partial charge in [-0.3, -0.25) is 0 Å². The van der Waals surface area contributed by atoms with Crippen molar-refractivity contribution >= 4 is 17.3 Å². The van der Waals surface area contributed by atoms with E-state index in [-0.39, 0.29) is 0 Å². The fourth-order valence-electron chi connectivity index (χ4n) is 2.41. The van der Waals surface area contributed by atoms with E-state index < -0.39 is 0 Å². The van der Waals surface area contributed by atoms with Crippen molar-refractivity contribution in [2.24, 2.45) is 0 Å². The van der Waals surface area contributed by atoms with Gasteiger partial charge < -0.3 is 15.1 Å². The third-order valence-electron chi connectivity index (χ3n) is 3.71. The molecule has 1 fully saturated rings. The van der Waals surface area contributed by atoms with Gasteiger partial charge >= 0.3 is 0 Å². The highest BCUT2D eigenvalue weighted by Gasteiger charge is 2.21. The molecule has 0 radical (unpaired) electrons. The Kier molecular flexibility index (Phi) is 5.70. The van der Waals surface area contributed by atoms with Gasteiger partial charge in [-0.05, 0) is 51.5 Å². The van der Waals surface area contributed by atoms with Gasteiger partial charge in [0.05, 0.1) is 10.7 Å². The zero-order valence-electron chi connectivity index (χ0n) is 12.8. The van der Waals surface area contributed by atoms with Gasteiger partial charge in [-0.15, -0.1) is 0 Å². The molecular formula is C16H26ClN3. The van der Waals surface area contributed by atoms with Crippen LogP contribution in [0.1, 0.15) is 24.8 Å². The summed E-state index contributed by atoms with van der Waals surface area (Å²) < 4.78 is 0. The largest absolute Gasteiger partial charge is 0.373 e. The van der Waals surface area contributed by atoms with Crippen LogP contribution in [0, 0.1) is 0 Å². The van der Waals surface area contributed by atoms with Crippen LogP contribution in [0.4, 0.5) is 5.69 Å². The lowest BCUT2D eigenvalue weighted by atomic mass is 10.1. The Bertz CT molecular complexity index is 430. The van der Waals surface area contributed by atoms with Crippen LogP contribution in [0.15, 0.2) is 18.2 Å². The molecule has 0 unspecified atom stereocenters. The van der Waals surface area contributed by atoms with Gasteiger partial charge in [-0.25, -0.2) is 0 Å². The summed E-state index contributed by atoms with van der Waals surface area (Å²) in [6.07, 6.45) is 3.77. The molecule has 0 aromatic heterocycles. The molecular weight excluding hydrogens is 270 g/mol. The van der Waals surface area contributed by atoms with Gasteiger partial charge in [0.1, 0.15) is 0 Å². The molecule has 0 saturated heterocycles. The van der Waals surface area contributed by atoms with E-state index >= 15 is 0 Å². The van der Waals surface area contributed by atoms with Crippen LogP contribution in [-0.4, -0.2) is 45.2 Å². The summed E-state index contributed by atoms with van der Waals surface area (Å²) in [6, 6.07) is 6.93. The molecule has 1 N–H and O–H groups in total. The Morgan fingerprint density at radius 2 is 1.95 bits per heavy atom. The molecule has 112 valence electrons. The van der Waals surface area contributed by atoms with Crippen LogP contribution in [0.5, 0.6) is 0 Å². The Balaban J connectivity index is 1.99. The van der Waals surface area contributed by atoms with Gasteiger partial charge in [-0.1, -0.05) is 23.7 Å². The SMILES string of the molecule is CN(C)CCCN(C)c1c(Cl)cccc1CNC1CC1. The summed E-state index contributed by atoms with van der Waals surface area (Å²) in [6.45, 7) is 3.04. The average Bonchev–Trinajstić information content (AvgIpc) is 3.19. The molecule has 1 aromatic carbocycles. The number of benzene rings is 1. The fourth-order valence-corrected chi connectivity index (χ4v) is 2.75. The van der Waals surface area contributed by atoms with E-state index in [9.17, 15) is 0 Å². The molecule has 0 aliphatic heterocycles. The lowest BCUT2D eigenvalue weighted by Gasteiger charge is -2.24. The van der Waals surface area contributed by atoms with Crippen LogP contribution in [0.25, 0.3) is 0 Å². The zero-order chi connectivity index (χ0) is 14.5. The van der Waals surface area contributed by atoms with Crippen LogP contribution in [0.3, 0.4) is 0 Å². The van der Waals surface area contributed by atoms with Crippen molar-refractivity contribution in [1.82, 2.24) is 10.2 Å². The summed E-state index contributed by atoms with van der Waals surface area (Å²) >= 11 is 6.42. The molecule has 0 heterocycles. The standard InChI is InChI=1S/C16H26ClN3/c1-19(2)10-5-11-20(3)16-13(6-4-7-15(16)17)12-18-14-8-9-14/h4,6-7,14,18H,5,8-12H2,1-3H3. The fraction of sp³-hybridized carbons (Fsp3) is 0.625.